The van der Waals surface area contributed by atoms with Crippen LogP contribution in [0.4, 0.5) is 0 Å². The molecule has 4 unspecified atom stereocenters. The summed E-state index contributed by atoms with van der Waals surface area (Å²) in [5.74, 6) is 0.857. The first-order valence-electron chi connectivity index (χ1n) is 14.0. The molecule has 2 fully saturated rings. The summed E-state index contributed by atoms with van der Waals surface area (Å²) in [5, 5.41) is 37.4. The van der Waals surface area contributed by atoms with Crippen molar-refractivity contribution in [3.63, 3.8) is 0 Å². The average Bonchev–Trinajstić information content (AvgIpc) is 2.88. The average molecular weight is 493 g/mol. The summed E-state index contributed by atoms with van der Waals surface area (Å²) in [4.78, 5) is 0. The zero-order chi connectivity index (χ0) is 25.1. The Morgan fingerprint density at radius 3 is 1.00 bits per heavy atom. The van der Waals surface area contributed by atoms with Crippen molar-refractivity contribution in [2.75, 3.05) is 0 Å². The van der Waals surface area contributed by atoms with E-state index in [1.807, 2.05) is 0 Å². The van der Waals surface area contributed by atoms with Crippen LogP contribution in [0.25, 0.3) is 0 Å². The topological polar surface area (TPSA) is 88.6 Å². The fourth-order valence-corrected chi connectivity index (χ4v) is 6.61. The first-order valence-corrected chi connectivity index (χ1v) is 14.0. The van der Waals surface area contributed by atoms with E-state index in [4.69, 9.17) is 0 Å². The largest absolute Gasteiger partial charge is 0.507 e. The number of phenols is 2. The van der Waals surface area contributed by atoms with Crippen molar-refractivity contribution in [1.29, 1.82) is 0 Å². The van der Waals surface area contributed by atoms with Crippen molar-refractivity contribution in [3.8, 4) is 11.5 Å². The standard InChI is InChI=1S/C30H44N4O2/c1-19-11-21-15-31-25-7-3-5-9-27(25)33-17-23-13-20(2)14-24(30(23)36)18-34-28-10-6-4-8-26(28)32-16-22(12-19)29(21)35/h11-14,25-28,31-36H,3-10,15-18H2,1-2H3. The summed E-state index contributed by atoms with van der Waals surface area (Å²) in [6.07, 6.45) is 9.37. The predicted molar refractivity (Wildman–Crippen MR) is 145 cm³/mol. The molecule has 1 aliphatic heterocycles. The summed E-state index contributed by atoms with van der Waals surface area (Å²) in [5.41, 5.74) is 6.31. The van der Waals surface area contributed by atoms with Gasteiger partial charge in [-0.3, -0.25) is 0 Å². The third-order valence-electron chi connectivity index (χ3n) is 8.57. The fraction of sp³-hybridized carbons (Fsp3) is 0.600. The molecule has 196 valence electrons. The van der Waals surface area contributed by atoms with Crippen LogP contribution in [0.5, 0.6) is 11.5 Å². The number of phenolic OH excluding ortho intramolecular Hbond substituents is 2. The van der Waals surface area contributed by atoms with Gasteiger partial charge in [0.1, 0.15) is 11.5 Å². The van der Waals surface area contributed by atoms with Gasteiger partial charge in [0.25, 0.3) is 0 Å². The Bertz CT molecular complexity index is 898. The van der Waals surface area contributed by atoms with E-state index in [9.17, 15) is 10.2 Å². The number of rotatable bonds is 0. The number of nitrogens with one attached hydrogen (secondary N) is 4. The highest BCUT2D eigenvalue weighted by Gasteiger charge is 2.27. The Labute approximate surface area is 216 Å². The molecule has 6 nitrogen and oxygen atoms in total. The molecule has 2 aromatic rings. The number of hydrogen-bond acceptors (Lipinski definition) is 6. The second kappa shape index (κ2) is 11.5. The van der Waals surface area contributed by atoms with Crippen molar-refractivity contribution >= 4 is 0 Å². The van der Waals surface area contributed by atoms with Crippen molar-refractivity contribution < 1.29 is 10.2 Å². The van der Waals surface area contributed by atoms with Crippen LogP contribution in [-0.2, 0) is 26.2 Å². The molecule has 4 bridgehead atoms. The number of fused-ring (bicyclic) bond motifs is 6. The lowest BCUT2D eigenvalue weighted by molar-refractivity contribution is 0.275. The third-order valence-corrected chi connectivity index (χ3v) is 8.57. The predicted octanol–water partition coefficient (Wildman–Crippen LogP) is 4.41. The Morgan fingerprint density at radius 2 is 0.750 bits per heavy atom. The van der Waals surface area contributed by atoms with Gasteiger partial charge in [0.15, 0.2) is 0 Å². The van der Waals surface area contributed by atoms with Crippen molar-refractivity contribution in [2.45, 2.75) is 116 Å². The van der Waals surface area contributed by atoms with E-state index in [-0.39, 0.29) is 0 Å². The molecule has 0 amide bonds. The zero-order valence-corrected chi connectivity index (χ0v) is 22.0. The van der Waals surface area contributed by atoms with Crippen LogP contribution in [0.3, 0.4) is 0 Å². The highest BCUT2D eigenvalue weighted by Crippen LogP contribution is 2.29. The van der Waals surface area contributed by atoms with Gasteiger partial charge in [0, 0.05) is 72.6 Å². The van der Waals surface area contributed by atoms with Crippen LogP contribution >= 0.6 is 0 Å². The SMILES string of the molecule is Cc1cc2c(O)c(c1)CNC1CCCCC1NCc1cc(C)cc(c1O)CNC1CCCCC1NC2. The molecule has 6 heteroatoms. The quantitative estimate of drug-likeness (QED) is 0.327. The molecule has 1 heterocycles. The molecule has 4 atom stereocenters. The van der Waals surface area contributed by atoms with Crippen molar-refractivity contribution in [2.24, 2.45) is 0 Å². The first-order chi connectivity index (χ1) is 17.5. The Balaban J connectivity index is 1.45. The Morgan fingerprint density at radius 1 is 0.500 bits per heavy atom. The van der Waals surface area contributed by atoms with Gasteiger partial charge in [-0.25, -0.2) is 0 Å². The van der Waals surface area contributed by atoms with Gasteiger partial charge in [-0.1, -0.05) is 61.1 Å². The van der Waals surface area contributed by atoms with Crippen molar-refractivity contribution in [3.05, 3.63) is 57.6 Å². The lowest BCUT2D eigenvalue weighted by atomic mass is 9.89. The highest BCUT2D eigenvalue weighted by atomic mass is 16.3. The number of benzene rings is 2. The van der Waals surface area contributed by atoms with E-state index in [0.29, 0.717) is 61.8 Å². The minimum Gasteiger partial charge on any atom is -0.507 e. The van der Waals surface area contributed by atoms with Gasteiger partial charge in [0.2, 0.25) is 0 Å². The molecule has 0 saturated heterocycles. The van der Waals surface area contributed by atoms with Gasteiger partial charge in [-0.15, -0.1) is 0 Å². The Hall–Kier alpha value is -2.12. The monoisotopic (exact) mass is 492 g/mol. The molecule has 2 aromatic carbocycles. The molecule has 2 aliphatic carbocycles. The molecule has 36 heavy (non-hydrogen) atoms. The van der Waals surface area contributed by atoms with E-state index in [0.717, 1.165) is 47.9 Å². The maximum atomic E-state index is 11.2. The van der Waals surface area contributed by atoms with Crippen LogP contribution in [0.1, 0.15) is 84.7 Å². The maximum absolute atomic E-state index is 11.2. The van der Waals surface area contributed by atoms with Crippen molar-refractivity contribution in [1.82, 2.24) is 21.3 Å². The summed E-state index contributed by atoms with van der Waals surface area (Å²) in [6, 6.07) is 9.84. The van der Waals surface area contributed by atoms with Crippen LogP contribution in [0.15, 0.2) is 24.3 Å². The van der Waals surface area contributed by atoms with E-state index in [1.165, 1.54) is 36.8 Å². The lowest BCUT2D eigenvalue weighted by Gasteiger charge is -2.34. The lowest BCUT2D eigenvalue weighted by Crippen LogP contribution is -2.49. The van der Waals surface area contributed by atoms with Gasteiger partial charge >= 0.3 is 0 Å². The second-order valence-corrected chi connectivity index (χ2v) is 11.4. The highest BCUT2D eigenvalue weighted by molar-refractivity contribution is 5.44. The third kappa shape index (κ3) is 5.88. The molecule has 5 rings (SSSR count). The van der Waals surface area contributed by atoms with Gasteiger partial charge in [-0.2, -0.15) is 0 Å². The summed E-state index contributed by atoms with van der Waals surface area (Å²) < 4.78 is 0. The van der Waals surface area contributed by atoms with E-state index in [1.54, 1.807) is 0 Å². The molecule has 3 aliphatic rings. The molecule has 0 spiro atoms. The van der Waals surface area contributed by atoms with Crippen LogP contribution in [-0.4, -0.2) is 34.4 Å². The maximum Gasteiger partial charge on any atom is 0.124 e. The number of aryl methyl sites for hydroxylation is 2. The minimum absolute atomic E-state index is 0.343. The number of hydrogen-bond donors (Lipinski definition) is 6. The number of aromatic hydroxyl groups is 2. The summed E-state index contributed by atoms with van der Waals surface area (Å²) in [6.45, 7) is 6.90. The normalized spacial score (nSPS) is 27.8. The van der Waals surface area contributed by atoms with E-state index in [2.05, 4.69) is 59.4 Å². The molecular formula is C30H44N4O2. The zero-order valence-electron chi connectivity index (χ0n) is 22.0. The smallest absolute Gasteiger partial charge is 0.124 e. The molecule has 6 N–H and O–H groups in total. The van der Waals surface area contributed by atoms with Gasteiger partial charge < -0.3 is 31.5 Å². The fourth-order valence-electron chi connectivity index (χ4n) is 6.61. The first kappa shape index (κ1) is 25.5. The van der Waals surface area contributed by atoms with E-state index < -0.39 is 0 Å². The minimum atomic E-state index is 0.343. The molecule has 2 saturated carbocycles. The summed E-state index contributed by atoms with van der Waals surface area (Å²) in [7, 11) is 0. The Kier molecular flexibility index (Phi) is 8.16. The second-order valence-electron chi connectivity index (χ2n) is 11.4. The van der Waals surface area contributed by atoms with Gasteiger partial charge in [0.05, 0.1) is 0 Å². The van der Waals surface area contributed by atoms with E-state index >= 15 is 0 Å². The van der Waals surface area contributed by atoms with Crippen LogP contribution < -0.4 is 21.3 Å². The van der Waals surface area contributed by atoms with Gasteiger partial charge in [-0.05, 0) is 39.5 Å². The summed E-state index contributed by atoms with van der Waals surface area (Å²) >= 11 is 0. The molecular weight excluding hydrogens is 448 g/mol. The molecule has 0 aromatic heterocycles. The molecule has 0 radical (unpaired) electrons. The van der Waals surface area contributed by atoms with Crippen LogP contribution in [0.2, 0.25) is 0 Å². The van der Waals surface area contributed by atoms with Crippen LogP contribution in [0, 0.1) is 13.8 Å².